The average Bonchev–Trinajstić information content (AvgIpc) is 2.67. The van der Waals surface area contributed by atoms with Gasteiger partial charge in [-0.15, -0.1) is 11.8 Å². The second kappa shape index (κ2) is 4.57. The molecule has 0 aliphatic heterocycles. The highest BCUT2D eigenvalue weighted by molar-refractivity contribution is 7.98. The van der Waals surface area contributed by atoms with E-state index in [0.717, 1.165) is 33.3 Å². The number of anilines is 1. The first-order valence-corrected chi connectivity index (χ1v) is 5.93. The quantitative estimate of drug-likeness (QED) is 0.654. The molecule has 0 amide bonds. The van der Waals surface area contributed by atoms with Gasteiger partial charge in [-0.1, -0.05) is 22.4 Å². The third kappa shape index (κ3) is 2.19. The van der Waals surface area contributed by atoms with Crippen LogP contribution in [0.25, 0.3) is 0 Å². The molecule has 0 saturated carbocycles. The number of aryl methyl sites for hydroxylation is 2. The summed E-state index contributed by atoms with van der Waals surface area (Å²) in [7, 11) is 0. The summed E-state index contributed by atoms with van der Waals surface area (Å²) in [5, 5.41) is 7.57. The van der Waals surface area contributed by atoms with Gasteiger partial charge in [-0.05, 0) is 25.5 Å². The fraction of sp³-hybridized carbons (Fsp3) is 0.273. The molecule has 0 atom stereocenters. The number of hydrogen-bond donors (Lipinski definition) is 1. The monoisotopic (exact) mass is 235 g/mol. The van der Waals surface area contributed by atoms with Crippen molar-refractivity contribution in [3.8, 4) is 0 Å². The minimum atomic E-state index is 0.725. The molecule has 0 bridgehead atoms. The molecule has 16 heavy (non-hydrogen) atoms. The van der Waals surface area contributed by atoms with E-state index in [1.807, 2.05) is 32.0 Å². The summed E-state index contributed by atoms with van der Waals surface area (Å²) in [4.78, 5) is 1.07. The van der Waals surface area contributed by atoms with Gasteiger partial charge in [0.15, 0.2) is 0 Å². The van der Waals surface area contributed by atoms with E-state index in [4.69, 9.17) is 5.73 Å². The van der Waals surface area contributed by atoms with E-state index in [-0.39, 0.29) is 0 Å². The Morgan fingerprint density at radius 1 is 1.31 bits per heavy atom. The van der Waals surface area contributed by atoms with Crippen LogP contribution in [0.1, 0.15) is 17.0 Å². The van der Waals surface area contributed by atoms with E-state index < -0.39 is 0 Å². The molecule has 84 valence electrons. The zero-order chi connectivity index (χ0) is 11.5. The van der Waals surface area contributed by atoms with Crippen LogP contribution < -0.4 is 5.73 Å². The first kappa shape index (κ1) is 11.0. The number of nitrogens with zero attached hydrogens (tertiary/aromatic N) is 2. The number of thioether (sulfide) groups is 1. The lowest BCUT2D eigenvalue weighted by molar-refractivity contribution is 0.302. The summed E-state index contributed by atoms with van der Waals surface area (Å²) in [5.74, 6) is 0.725. The highest BCUT2D eigenvalue weighted by Gasteiger charge is 2.07. The maximum atomic E-state index is 5.98. The Hall–Kier alpha value is -1.49. The van der Waals surface area contributed by atoms with E-state index in [1.165, 1.54) is 0 Å². The number of aromatic nitrogens is 2. The third-order valence-corrected chi connectivity index (χ3v) is 3.48. The maximum absolute atomic E-state index is 5.98. The van der Waals surface area contributed by atoms with Gasteiger partial charge in [0.2, 0.25) is 0 Å². The smallest absolute Gasteiger partial charge is 0.118 e. The fourth-order valence-corrected chi connectivity index (χ4v) is 2.35. The van der Waals surface area contributed by atoms with Crippen molar-refractivity contribution in [1.82, 2.24) is 10.3 Å². The Morgan fingerprint density at radius 2 is 2.12 bits per heavy atom. The Balaban J connectivity index is 2.11. The summed E-state index contributed by atoms with van der Waals surface area (Å²) in [6.07, 6.45) is 0. The number of nitrogen functional groups attached to an aromatic ring is 1. The van der Waals surface area contributed by atoms with Crippen molar-refractivity contribution in [3.63, 3.8) is 0 Å². The van der Waals surface area contributed by atoms with Gasteiger partial charge < -0.3 is 5.73 Å². The second-order valence-electron chi connectivity index (χ2n) is 3.57. The van der Waals surface area contributed by atoms with Gasteiger partial charge in [0, 0.05) is 16.3 Å². The van der Waals surface area contributed by atoms with E-state index in [9.17, 15) is 0 Å². The predicted octanol–water partition coefficient (Wildman–Crippen LogP) is 2.56. The maximum Gasteiger partial charge on any atom is 0.118 e. The van der Waals surface area contributed by atoms with Crippen molar-refractivity contribution >= 4 is 17.4 Å². The normalized spacial score (nSPS) is 10.6. The molecule has 1 aromatic heterocycles. The molecule has 0 unspecified atom stereocenters. The van der Waals surface area contributed by atoms with Gasteiger partial charge >= 0.3 is 0 Å². The van der Waals surface area contributed by atoms with Crippen molar-refractivity contribution in [3.05, 3.63) is 35.2 Å². The van der Waals surface area contributed by atoms with Gasteiger partial charge in [0.05, 0.1) is 0 Å². The van der Waals surface area contributed by atoms with Gasteiger partial charge in [-0.3, -0.25) is 0 Å². The SMILES string of the molecule is Cc1cccc(SCc2nonc2C)c1N. The van der Waals surface area contributed by atoms with E-state index in [2.05, 4.69) is 14.9 Å². The molecule has 2 rings (SSSR count). The van der Waals surface area contributed by atoms with E-state index in [1.54, 1.807) is 11.8 Å². The van der Waals surface area contributed by atoms with Crippen LogP contribution in [0.15, 0.2) is 27.7 Å². The number of benzene rings is 1. The van der Waals surface area contributed by atoms with Crippen LogP contribution in [0.4, 0.5) is 5.69 Å². The number of hydrogen-bond acceptors (Lipinski definition) is 5. The lowest BCUT2D eigenvalue weighted by atomic mass is 10.2. The van der Waals surface area contributed by atoms with Crippen LogP contribution in [0.2, 0.25) is 0 Å². The first-order valence-electron chi connectivity index (χ1n) is 4.94. The van der Waals surface area contributed by atoms with Crippen LogP contribution in [-0.4, -0.2) is 10.3 Å². The zero-order valence-corrected chi connectivity index (χ0v) is 10.0. The molecule has 0 spiro atoms. The largest absolute Gasteiger partial charge is 0.398 e. The Kier molecular flexibility index (Phi) is 3.14. The topological polar surface area (TPSA) is 64.9 Å². The molecule has 4 nitrogen and oxygen atoms in total. The zero-order valence-electron chi connectivity index (χ0n) is 9.23. The molecule has 2 N–H and O–H groups in total. The highest BCUT2D eigenvalue weighted by atomic mass is 32.2. The number of nitrogens with two attached hydrogens (primary N) is 1. The van der Waals surface area contributed by atoms with Gasteiger partial charge in [0.1, 0.15) is 11.4 Å². The van der Waals surface area contributed by atoms with Gasteiger partial charge in [0.25, 0.3) is 0 Å². The summed E-state index contributed by atoms with van der Waals surface area (Å²) in [6, 6.07) is 6.01. The van der Waals surface area contributed by atoms with Crippen LogP contribution in [0, 0.1) is 13.8 Å². The Labute approximate surface area is 98.2 Å². The van der Waals surface area contributed by atoms with Crippen LogP contribution in [-0.2, 0) is 5.75 Å². The van der Waals surface area contributed by atoms with Crippen molar-refractivity contribution in [2.45, 2.75) is 24.5 Å². The van der Waals surface area contributed by atoms with Gasteiger partial charge in [-0.25, -0.2) is 4.63 Å². The summed E-state index contributed by atoms with van der Waals surface area (Å²) in [6.45, 7) is 3.88. The second-order valence-corrected chi connectivity index (χ2v) is 4.59. The van der Waals surface area contributed by atoms with Crippen LogP contribution in [0.5, 0.6) is 0 Å². The lowest BCUT2D eigenvalue weighted by Gasteiger charge is -2.06. The Morgan fingerprint density at radius 3 is 2.81 bits per heavy atom. The predicted molar refractivity (Wildman–Crippen MR) is 64.2 cm³/mol. The first-order chi connectivity index (χ1) is 7.68. The summed E-state index contributed by atoms with van der Waals surface area (Å²) < 4.78 is 4.64. The molecule has 1 aromatic carbocycles. The van der Waals surface area contributed by atoms with Crippen molar-refractivity contribution in [2.24, 2.45) is 0 Å². The molecule has 0 aliphatic rings. The van der Waals surface area contributed by atoms with E-state index in [0.29, 0.717) is 0 Å². The summed E-state index contributed by atoms with van der Waals surface area (Å²) in [5.41, 5.74) is 9.61. The molecule has 0 radical (unpaired) electrons. The third-order valence-electron chi connectivity index (χ3n) is 2.39. The molecule has 0 aliphatic carbocycles. The van der Waals surface area contributed by atoms with E-state index >= 15 is 0 Å². The number of rotatable bonds is 3. The standard InChI is InChI=1S/C11H13N3OS/c1-7-4-3-5-10(11(7)12)16-6-9-8(2)13-15-14-9/h3-5H,6,12H2,1-2H3. The molecule has 5 heteroatoms. The lowest BCUT2D eigenvalue weighted by Crippen LogP contribution is -1.93. The highest BCUT2D eigenvalue weighted by Crippen LogP contribution is 2.29. The van der Waals surface area contributed by atoms with Crippen molar-refractivity contribution < 1.29 is 4.63 Å². The molecule has 1 heterocycles. The molecular weight excluding hydrogens is 222 g/mol. The molecule has 0 saturated heterocycles. The minimum Gasteiger partial charge on any atom is -0.398 e. The van der Waals surface area contributed by atoms with Gasteiger partial charge in [-0.2, -0.15) is 0 Å². The number of para-hydroxylation sites is 1. The van der Waals surface area contributed by atoms with Crippen molar-refractivity contribution in [1.29, 1.82) is 0 Å². The average molecular weight is 235 g/mol. The molecular formula is C11H13N3OS. The fourth-order valence-electron chi connectivity index (χ4n) is 1.31. The van der Waals surface area contributed by atoms with Crippen LogP contribution >= 0.6 is 11.8 Å². The van der Waals surface area contributed by atoms with Crippen molar-refractivity contribution in [2.75, 3.05) is 5.73 Å². The van der Waals surface area contributed by atoms with Crippen LogP contribution in [0.3, 0.4) is 0 Å². The summed E-state index contributed by atoms with van der Waals surface area (Å²) >= 11 is 1.65. The molecule has 2 aromatic rings. The molecule has 0 fully saturated rings. The minimum absolute atomic E-state index is 0.725. The Bertz CT molecular complexity index is 496.